The molecule has 0 bridgehead atoms. The van der Waals surface area contributed by atoms with Crippen LogP contribution in [0.3, 0.4) is 0 Å². The fourth-order valence-corrected chi connectivity index (χ4v) is 3.22. The number of nitrogens with zero attached hydrogens (tertiary/aromatic N) is 1. The second kappa shape index (κ2) is 10.8. The van der Waals surface area contributed by atoms with E-state index in [2.05, 4.69) is 10.6 Å². The van der Waals surface area contributed by atoms with Gasteiger partial charge >= 0.3 is 0 Å². The van der Waals surface area contributed by atoms with Gasteiger partial charge in [0.05, 0.1) is 6.54 Å². The zero-order chi connectivity index (χ0) is 21.2. The number of amides is 2. The van der Waals surface area contributed by atoms with Gasteiger partial charge < -0.3 is 15.5 Å². The topological polar surface area (TPSA) is 61.4 Å². The Hall–Kier alpha value is -3.60. The molecule has 3 aromatic rings. The highest BCUT2D eigenvalue weighted by atomic mass is 16.2. The van der Waals surface area contributed by atoms with Crippen LogP contribution in [0, 0.1) is 0 Å². The Bertz CT molecular complexity index is 958. The summed E-state index contributed by atoms with van der Waals surface area (Å²) in [6.07, 6.45) is 1.12. The van der Waals surface area contributed by atoms with E-state index in [1.807, 2.05) is 91.9 Å². The van der Waals surface area contributed by atoms with E-state index in [1.54, 1.807) is 4.90 Å². The molecule has 5 heteroatoms. The van der Waals surface area contributed by atoms with Crippen LogP contribution in [0.15, 0.2) is 84.9 Å². The monoisotopic (exact) mass is 401 g/mol. The second-order valence-electron chi connectivity index (χ2n) is 6.94. The minimum absolute atomic E-state index is 0.0130. The molecule has 3 aromatic carbocycles. The van der Waals surface area contributed by atoms with Gasteiger partial charge in [-0.25, -0.2) is 0 Å². The van der Waals surface area contributed by atoms with Gasteiger partial charge in [-0.2, -0.15) is 0 Å². The van der Waals surface area contributed by atoms with Crippen molar-refractivity contribution in [2.24, 2.45) is 0 Å². The van der Waals surface area contributed by atoms with Crippen LogP contribution in [0.25, 0.3) is 0 Å². The number of para-hydroxylation sites is 1. The summed E-state index contributed by atoms with van der Waals surface area (Å²) in [7, 11) is 0. The summed E-state index contributed by atoms with van der Waals surface area (Å²) < 4.78 is 0. The average molecular weight is 402 g/mol. The summed E-state index contributed by atoms with van der Waals surface area (Å²) in [5.74, 6) is -0.0469. The molecule has 0 saturated carbocycles. The lowest BCUT2D eigenvalue weighted by Crippen LogP contribution is -2.35. The predicted molar refractivity (Wildman–Crippen MR) is 123 cm³/mol. The first-order chi connectivity index (χ1) is 14.7. The largest absolute Gasteiger partial charge is 0.376 e. The Balaban J connectivity index is 1.52. The summed E-state index contributed by atoms with van der Waals surface area (Å²) in [5.41, 5.74) is 3.51. The van der Waals surface area contributed by atoms with Crippen molar-refractivity contribution in [2.75, 3.05) is 28.6 Å². The molecule has 0 aliphatic heterocycles. The van der Waals surface area contributed by atoms with Gasteiger partial charge in [0, 0.05) is 30.0 Å². The van der Waals surface area contributed by atoms with Gasteiger partial charge in [0.25, 0.3) is 0 Å². The average Bonchev–Trinajstić information content (AvgIpc) is 2.78. The van der Waals surface area contributed by atoms with Gasteiger partial charge in [0.15, 0.2) is 0 Å². The van der Waals surface area contributed by atoms with Crippen molar-refractivity contribution in [3.63, 3.8) is 0 Å². The molecular formula is C25H27N3O2. The van der Waals surface area contributed by atoms with Crippen LogP contribution in [-0.4, -0.2) is 24.9 Å². The molecule has 0 radical (unpaired) electrons. The number of aryl methyl sites for hydroxylation is 1. The number of carbonyl (C=O) groups excluding carboxylic acids is 2. The first-order valence-electron chi connectivity index (χ1n) is 10.2. The van der Waals surface area contributed by atoms with E-state index < -0.39 is 0 Å². The molecule has 0 saturated heterocycles. The maximum absolute atomic E-state index is 12.6. The number of rotatable bonds is 9. The highest BCUT2D eigenvalue weighted by Crippen LogP contribution is 2.17. The number of carbonyl (C=O) groups is 2. The Morgan fingerprint density at radius 1 is 0.833 bits per heavy atom. The number of nitrogens with one attached hydrogen (secondary N) is 2. The first-order valence-corrected chi connectivity index (χ1v) is 10.2. The van der Waals surface area contributed by atoms with Crippen molar-refractivity contribution in [3.8, 4) is 0 Å². The normalized spacial score (nSPS) is 10.3. The molecule has 30 heavy (non-hydrogen) atoms. The van der Waals surface area contributed by atoms with Gasteiger partial charge in [-0.15, -0.1) is 0 Å². The van der Waals surface area contributed by atoms with Crippen molar-refractivity contribution in [1.29, 1.82) is 0 Å². The summed E-state index contributed by atoms with van der Waals surface area (Å²) in [5, 5.41) is 6.08. The number of benzene rings is 3. The van der Waals surface area contributed by atoms with E-state index in [0.717, 1.165) is 16.9 Å². The molecule has 3 rings (SSSR count). The SMILES string of the molecule is CCN(C(=O)CNc1cccc(NC(=O)CCc2ccccc2)c1)c1ccccc1. The molecule has 2 amide bonds. The molecular weight excluding hydrogens is 374 g/mol. The molecule has 0 aromatic heterocycles. The van der Waals surface area contributed by atoms with Gasteiger partial charge in [-0.1, -0.05) is 54.6 Å². The van der Waals surface area contributed by atoms with Crippen LogP contribution < -0.4 is 15.5 Å². The highest BCUT2D eigenvalue weighted by molar-refractivity contribution is 5.96. The Kier molecular flexibility index (Phi) is 7.61. The number of likely N-dealkylation sites (N-methyl/N-ethyl adjacent to an activating group) is 1. The third kappa shape index (κ3) is 6.21. The molecule has 0 fully saturated rings. The predicted octanol–water partition coefficient (Wildman–Crippen LogP) is 4.72. The molecule has 0 unspecified atom stereocenters. The third-order valence-corrected chi connectivity index (χ3v) is 4.76. The molecule has 2 N–H and O–H groups in total. The lowest BCUT2D eigenvalue weighted by atomic mass is 10.1. The van der Waals surface area contributed by atoms with Crippen molar-refractivity contribution in [1.82, 2.24) is 0 Å². The maximum Gasteiger partial charge on any atom is 0.246 e. The lowest BCUT2D eigenvalue weighted by molar-refractivity contribution is -0.117. The van der Waals surface area contributed by atoms with Gasteiger partial charge in [0.2, 0.25) is 11.8 Å². The molecule has 0 atom stereocenters. The standard InChI is InChI=1S/C25H27N3O2/c1-2-28(23-14-7-4-8-15-23)25(30)19-26-21-12-9-13-22(18-21)27-24(29)17-16-20-10-5-3-6-11-20/h3-15,18,26H,2,16-17,19H2,1H3,(H,27,29). The molecule has 0 spiro atoms. The second-order valence-corrected chi connectivity index (χ2v) is 6.94. The maximum atomic E-state index is 12.6. The van der Waals surface area contributed by atoms with Crippen LogP contribution in [0.2, 0.25) is 0 Å². The van der Waals surface area contributed by atoms with Crippen molar-refractivity contribution >= 4 is 28.9 Å². The van der Waals surface area contributed by atoms with Crippen molar-refractivity contribution < 1.29 is 9.59 Å². The van der Waals surface area contributed by atoms with E-state index in [0.29, 0.717) is 25.1 Å². The summed E-state index contributed by atoms with van der Waals surface area (Å²) >= 11 is 0. The van der Waals surface area contributed by atoms with E-state index in [4.69, 9.17) is 0 Å². The Morgan fingerprint density at radius 3 is 2.20 bits per heavy atom. The number of hydrogen-bond donors (Lipinski definition) is 2. The quantitative estimate of drug-likeness (QED) is 0.545. The van der Waals surface area contributed by atoms with Gasteiger partial charge in [-0.05, 0) is 49.2 Å². The summed E-state index contributed by atoms with van der Waals surface area (Å²) in [6, 6.07) is 27.0. The molecule has 0 aliphatic carbocycles. The van der Waals surface area contributed by atoms with Crippen LogP contribution in [0.5, 0.6) is 0 Å². The summed E-state index contributed by atoms with van der Waals surface area (Å²) in [4.78, 5) is 26.6. The first kappa shape index (κ1) is 21.1. The smallest absolute Gasteiger partial charge is 0.246 e. The van der Waals surface area contributed by atoms with E-state index in [1.165, 1.54) is 0 Å². The lowest BCUT2D eigenvalue weighted by Gasteiger charge is -2.21. The minimum atomic E-state index is -0.0340. The number of anilines is 3. The van der Waals surface area contributed by atoms with E-state index in [9.17, 15) is 9.59 Å². The van der Waals surface area contributed by atoms with Gasteiger partial charge in [0.1, 0.15) is 0 Å². The molecule has 0 aliphatic rings. The minimum Gasteiger partial charge on any atom is -0.376 e. The van der Waals surface area contributed by atoms with Crippen molar-refractivity contribution in [2.45, 2.75) is 19.8 Å². The van der Waals surface area contributed by atoms with Crippen LogP contribution >= 0.6 is 0 Å². The Labute approximate surface area is 177 Å². The van der Waals surface area contributed by atoms with Gasteiger partial charge in [-0.3, -0.25) is 9.59 Å². The molecule has 0 heterocycles. The van der Waals surface area contributed by atoms with E-state index >= 15 is 0 Å². The van der Waals surface area contributed by atoms with Crippen LogP contribution in [-0.2, 0) is 16.0 Å². The summed E-state index contributed by atoms with van der Waals surface area (Å²) in [6.45, 7) is 2.73. The zero-order valence-corrected chi connectivity index (χ0v) is 17.2. The van der Waals surface area contributed by atoms with E-state index in [-0.39, 0.29) is 18.4 Å². The number of hydrogen-bond acceptors (Lipinski definition) is 3. The Morgan fingerprint density at radius 2 is 1.50 bits per heavy atom. The zero-order valence-electron chi connectivity index (χ0n) is 17.2. The van der Waals surface area contributed by atoms with Crippen LogP contribution in [0.1, 0.15) is 18.9 Å². The van der Waals surface area contributed by atoms with Crippen LogP contribution in [0.4, 0.5) is 17.1 Å². The fraction of sp³-hybridized carbons (Fsp3) is 0.200. The molecule has 154 valence electrons. The highest BCUT2D eigenvalue weighted by Gasteiger charge is 2.13. The molecule has 5 nitrogen and oxygen atoms in total. The van der Waals surface area contributed by atoms with Crippen molar-refractivity contribution in [3.05, 3.63) is 90.5 Å². The fourth-order valence-electron chi connectivity index (χ4n) is 3.22. The third-order valence-electron chi connectivity index (χ3n) is 4.76.